The summed E-state index contributed by atoms with van der Waals surface area (Å²) in [5.74, 6) is -7.20. The van der Waals surface area contributed by atoms with E-state index >= 15 is 0 Å². The number of fused-ring (bicyclic) bond motifs is 1. The van der Waals surface area contributed by atoms with E-state index < -0.39 is 113 Å². The molecule has 0 aliphatic carbocycles. The Bertz CT molecular complexity index is 3280. The number of esters is 1. The van der Waals surface area contributed by atoms with Crippen LogP contribution in [0, 0.1) is 0 Å². The van der Waals surface area contributed by atoms with E-state index in [4.69, 9.17) is 16.2 Å². The number of aliphatic imine (C=N–C) groups is 1. The third-order valence-corrected chi connectivity index (χ3v) is 17.1. The zero-order chi connectivity index (χ0) is 63.5. The third-order valence-electron chi connectivity index (χ3n) is 15.6. The van der Waals surface area contributed by atoms with Crippen molar-refractivity contribution in [1.29, 1.82) is 0 Å². The van der Waals surface area contributed by atoms with Crippen molar-refractivity contribution in [3.63, 3.8) is 0 Å². The number of carboxylic acid groups (broad SMARTS) is 1. The fourth-order valence-electron chi connectivity index (χ4n) is 11.2. The van der Waals surface area contributed by atoms with Crippen LogP contribution < -0.4 is 47.7 Å². The van der Waals surface area contributed by atoms with Gasteiger partial charge in [-0.1, -0.05) is 84.9 Å². The van der Waals surface area contributed by atoms with Crippen molar-refractivity contribution in [2.45, 2.75) is 111 Å². The van der Waals surface area contributed by atoms with Crippen LogP contribution in [0.15, 0.2) is 107 Å². The van der Waals surface area contributed by atoms with Crippen molar-refractivity contribution in [2.24, 2.45) is 16.5 Å². The smallest absolute Gasteiger partial charge is 0.326 e. The van der Waals surface area contributed by atoms with Crippen molar-refractivity contribution >= 4 is 85.7 Å². The van der Waals surface area contributed by atoms with Gasteiger partial charge in [-0.05, 0) is 81.2 Å². The number of benzene rings is 4. The molecule has 0 unspecified atom stereocenters. The average Bonchev–Trinajstić information content (AvgIpc) is 3.05. The van der Waals surface area contributed by atoms with Gasteiger partial charge in [0.25, 0.3) is 0 Å². The number of hydrogen-bond acceptors (Lipinski definition) is 16. The molecule has 3 fully saturated rings. The van der Waals surface area contributed by atoms with Crippen LogP contribution in [0.1, 0.15) is 62.5 Å². The summed E-state index contributed by atoms with van der Waals surface area (Å²) in [5, 5.41) is 34.7. The Morgan fingerprint density at radius 3 is 1.89 bits per heavy atom. The maximum atomic E-state index is 14.2. The lowest BCUT2D eigenvalue weighted by Crippen LogP contribution is -2.60. The predicted octanol–water partition coefficient (Wildman–Crippen LogP) is -1.16. The molecule has 0 radical (unpaired) electrons. The van der Waals surface area contributed by atoms with Crippen LogP contribution in [0.25, 0.3) is 10.8 Å². The molecule has 3 saturated heterocycles. The largest absolute Gasteiger partial charge is 0.480 e. The van der Waals surface area contributed by atoms with E-state index in [0.717, 1.165) is 11.1 Å². The molecule has 474 valence electrons. The Morgan fingerprint density at radius 2 is 1.26 bits per heavy atom. The van der Waals surface area contributed by atoms with Crippen LogP contribution in [0.3, 0.4) is 0 Å². The fraction of sp³-hybridized carbons (Fsp3) is 0.467. The topological polar surface area (TPSA) is 387 Å². The zero-order valence-corrected chi connectivity index (χ0v) is 50.1. The number of carbonyl (C=O) groups excluding carboxylic acids is 8. The van der Waals surface area contributed by atoms with Gasteiger partial charge in [-0.2, -0.15) is 0 Å². The van der Waals surface area contributed by atoms with Gasteiger partial charge in [-0.15, -0.1) is 0 Å². The maximum absolute atomic E-state index is 14.2. The van der Waals surface area contributed by atoms with Gasteiger partial charge in [0.15, 0.2) is 5.96 Å². The van der Waals surface area contributed by atoms with Crippen molar-refractivity contribution in [3.8, 4) is 0 Å². The van der Waals surface area contributed by atoms with Gasteiger partial charge in [0.05, 0.1) is 30.6 Å². The third kappa shape index (κ3) is 18.2. The van der Waals surface area contributed by atoms with Crippen molar-refractivity contribution in [2.75, 3.05) is 78.0 Å². The second kappa shape index (κ2) is 31.8. The Kier molecular flexibility index (Phi) is 24.1. The molecule has 3 heterocycles. The Balaban J connectivity index is 0.915. The molecule has 0 spiro atoms. The highest BCUT2D eigenvalue weighted by atomic mass is 32.2. The Morgan fingerprint density at radius 1 is 0.682 bits per heavy atom. The van der Waals surface area contributed by atoms with Gasteiger partial charge in [0, 0.05) is 69.6 Å². The number of hydrogen-bond donors (Lipinski definition) is 10. The SMILES string of the molecule is CN(C)c1cccc2c(S(=O)(=O)NCCOC(=O)CN3CCC[C@H]3C(=O)N3CCC[C@H]3C(=O)NCC(=O)N[C@@H](Cc3ccccc3)C(=O)N[C@@H](CO)C(=O)N3CCC[C@H]3C(=O)N[C@@H](Cc3ccccc3)C(=O)N[C@@H](CCCN=C(N)N)C(=O)O)cccc12. The summed E-state index contributed by atoms with van der Waals surface area (Å²) in [6, 6.07) is 19.2. The number of nitrogens with two attached hydrogens (primary N) is 2. The Hall–Kier alpha value is -8.73. The molecule has 4 aromatic rings. The summed E-state index contributed by atoms with van der Waals surface area (Å²) in [6.07, 6.45) is 2.31. The molecule has 0 saturated carbocycles. The minimum Gasteiger partial charge on any atom is -0.480 e. The lowest BCUT2D eigenvalue weighted by Gasteiger charge is -2.30. The highest BCUT2D eigenvalue weighted by molar-refractivity contribution is 7.89. The molecule has 12 N–H and O–H groups in total. The number of anilines is 1. The number of sulfonamides is 1. The van der Waals surface area contributed by atoms with Gasteiger partial charge in [-0.25, -0.2) is 17.9 Å². The lowest BCUT2D eigenvalue weighted by atomic mass is 10.0. The molecule has 0 aromatic heterocycles. The van der Waals surface area contributed by atoms with Crippen LogP contribution in [-0.4, -0.2) is 208 Å². The van der Waals surface area contributed by atoms with E-state index in [1.807, 2.05) is 31.1 Å². The summed E-state index contributed by atoms with van der Waals surface area (Å²) in [5.41, 5.74) is 12.9. The minimum absolute atomic E-state index is 0.0286. The summed E-state index contributed by atoms with van der Waals surface area (Å²) < 4.78 is 34.7. The molecule has 0 bridgehead atoms. The second-order valence-electron chi connectivity index (χ2n) is 22.0. The van der Waals surface area contributed by atoms with E-state index in [1.54, 1.807) is 83.8 Å². The normalized spacial score (nSPS) is 18.1. The van der Waals surface area contributed by atoms with Crippen LogP contribution in [0.4, 0.5) is 5.69 Å². The lowest BCUT2D eigenvalue weighted by molar-refractivity contribution is -0.148. The number of amides is 7. The number of nitrogens with zero attached hydrogens (tertiary/aromatic N) is 5. The molecule has 7 amide bonds. The standard InChI is InChI=1S/C60H79N13O14S/c1-70(2)46-22-9-20-41-40(46)19-10-26-50(41)88(85,86)65-28-32-87-52(76)36-71-29-12-25-49(71)58(82)73-31-13-23-47(73)55(79)64-35-51(75)66-43(33-38-15-5-3-6-16-38)53(77)69-45(37-74)57(81)72-30-14-24-48(72)56(80)68-44(34-39-17-7-4-8-18-39)54(78)67-42(59(83)84)21-11-27-63-60(61)62/h3-10,15-20,22,26,42-45,47-49,65,74H,11-14,21,23-25,27-37H2,1-2H3,(H,64,79)(H,66,75)(H,67,78)(H,68,80)(H,69,77)(H,83,84)(H4,61,62,63)/t42-,43-,44-,45-,47-,48-,49-/m0/s1. The Labute approximate surface area is 510 Å². The molecule has 27 nitrogen and oxygen atoms in total. The van der Waals surface area contributed by atoms with E-state index in [0.29, 0.717) is 48.7 Å². The number of guanidine groups is 1. The number of aliphatic hydroxyl groups is 1. The molecule has 7 rings (SSSR count). The first-order chi connectivity index (χ1) is 42.1. The van der Waals surface area contributed by atoms with Gasteiger partial charge < -0.3 is 67.7 Å². The van der Waals surface area contributed by atoms with E-state index in [2.05, 4.69) is 36.3 Å². The highest BCUT2D eigenvalue weighted by Gasteiger charge is 2.43. The van der Waals surface area contributed by atoms with E-state index in [9.17, 15) is 61.8 Å². The molecular weight excluding hydrogens is 1160 g/mol. The summed E-state index contributed by atoms with van der Waals surface area (Å²) in [6.45, 7) is -1.46. The molecule has 3 aliphatic rings. The van der Waals surface area contributed by atoms with Crippen LogP contribution >= 0.6 is 0 Å². The van der Waals surface area contributed by atoms with Crippen molar-refractivity contribution < 1.29 is 66.5 Å². The molecule has 3 aliphatic heterocycles. The summed E-state index contributed by atoms with van der Waals surface area (Å²) >= 11 is 0. The maximum Gasteiger partial charge on any atom is 0.326 e. The van der Waals surface area contributed by atoms with Crippen molar-refractivity contribution in [1.82, 2.24) is 46.0 Å². The molecule has 4 aromatic carbocycles. The van der Waals surface area contributed by atoms with Crippen LogP contribution in [0.5, 0.6) is 0 Å². The first kappa shape index (κ1) is 66.8. The number of rotatable bonds is 30. The van der Waals surface area contributed by atoms with E-state index in [1.165, 1.54) is 15.9 Å². The van der Waals surface area contributed by atoms with Gasteiger partial charge in [0.1, 0.15) is 42.9 Å². The second-order valence-corrected chi connectivity index (χ2v) is 23.8. The average molecular weight is 1240 g/mol. The van der Waals surface area contributed by atoms with Crippen LogP contribution in [0.2, 0.25) is 0 Å². The molecule has 7 atom stereocenters. The van der Waals surface area contributed by atoms with Gasteiger partial charge >= 0.3 is 11.9 Å². The molecule has 28 heteroatoms. The number of ether oxygens (including phenoxy) is 1. The molecular formula is C60H79N13O14S. The zero-order valence-electron chi connectivity index (χ0n) is 49.3. The number of nitrogens with one attached hydrogen (secondary N) is 6. The van der Waals surface area contributed by atoms with Gasteiger partial charge in [-0.3, -0.25) is 48.2 Å². The number of carbonyl (C=O) groups is 9. The highest BCUT2D eigenvalue weighted by Crippen LogP contribution is 2.30. The first-order valence-corrected chi connectivity index (χ1v) is 30.8. The predicted molar refractivity (Wildman–Crippen MR) is 324 cm³/mol. The number of carboxylic acids is 1. The van der Waals surface area contributed by atoms with Crippen LogP contribution in [-0.2, 0) is 70.8 Å². The van der Waals surface area contributed by atoms with Gasteiger partial charge in [0.2, 0.25) is 51.4 Å². The molecule has 88 heavy (non-hydrogen) atoms. The number of aliphatic carboxylic acids is 1. The van der Waals surface area contributed by atoms with E-state index in [-0.39, 0.29) is 94.6 Å². The minimum atomic E-state index is -3.99. The monoisotopic (exact) mass is 1240 g/mol. The van der Waals surface area contributed by atoms with Crippen molar-refractivity contribution in [3.05, 3.63) is 108 Å². The number of likely N-dealkylation sites (tertiary alicyclic amines) is 3. The quantitative estimate of drug-likeness (QED) is 0.0127. The summed E-state index contributed by atoms with van der Waals surface area (Å²) in [4.78, 5) is 133. The fourth-order valence-corrected chi connectivity index (χ4v) is 12.5. The first-order valence-electron chi connectivity index (χ1n) is 29.3. The number of aliphatic hydroxyl groups excluding tert-OH is 1. The summed E-state index contributed by atoms with van der Waals surface area (Å²) in [7, 11) is -0.265.